The Labute approximate surface area is 282 Å². The van der Waals surface area contributed by atoms with Gasteiger partial charge in [-0.05, 0) is 55.6 Å². The predicted molar refractivity (Wildman–Crippen MR) is 203 cm³/mol. The fourth-order valence-electron chi connectivity index (χ4n) is 7.36. The van der Waals surface area contributed by atoms with E-state index >= 15 is 0 Å². The molecule has 2 heterocycles. The van der Waals surface area contributed by atoms with Crippen molar-refractivity contribution in [2.75, 3.05) is 0 Å². The Kier molecular flexibility index (Phi) is 6.15. The number of aromatic nitrogens is 4. The van der Waals surface area contributed by atoms with Crippen molar-refractivity contribution in [3.05, 3.63) is 170 Å². The summed E-state index contributed by atoms with van der Waals surface area (Å²) in [4.78, 5) is 15.9. The van der Waals surface area contributed by atoms with Gasteiger partial charge in [-0.1, -0.05) is 158 Å². The molecule has 0 saturated heterocycles. The average molecular weight is 625 g/mol. The summed E-state index contributed by atoms with van der Waals surface area (Å²) in [5.74, 6) is 1.86. The van der Waals surface area contributed by atoms with Crippen molar-refractivity contribution in [2.24, 2.45) is 0 Å². The molecule has 49 heavy (non-hydrogen) atoms. The number of hydrogen-bond donors (Lipinski definition) is 0. The lowest BCUT2D eigenvalue weighted by Gasteiger charge is -2.13. The van der Waals surface area contributed by atoms with Crippen LogP contribution < -0.4 is 0 Å². The summed E-state index contributed by atoms with van der Waals surface area (Å²) >= 11 is 0. The van der Waals surface area contributed by atoms with Gasteiger partial charge in [0.05, 0.1) is 11.0 Å². The van der Waals surface area contributed by atoms with E-state index < -0.39 is 0 Å². The van der Waals surface area contributed by atoms with Crippen LogP contribution in [0, 0.1) is 0 Å². The molecular formula is C45H28N4. The van der Waals surface area contributed by atoms with Crippen LogP contribution in [0.25, 0.3) is 94.0 Å². The van der Waals surface area contributed by atoms with Crippen LogP contribution in [0.2, 0.25) is 0 Å². The van der Waals surface area contributed by atoms with Crippen molar-refractivity contribution in [1.29, 1.82) is 0 Å². The fraction of sp³-hybridized carbons (Fsp3) is 0. The molecule has 0 aliphatic carbocycles. The van der Waals surface area contributed by atoms with E-state index in [2.05, 4.69) is 174 Å². The highest BCUT2D eigenvalue weighted by Crippen LogP contribution is 2.39. The van der Waals surface area contributed by atoms with E-state index in [1.165, 1.54) is 16.2 Å². The summed E-state index contributed by atoms with van der Waals surface area (Å²) in [5, 5.41) is 9.24. The topological polar surface area (TPSA) is 43.6 Å². The minimum atomic E-state index is 0.585. The molecule has 0 amide bonds. The van der Waals surface area contributed by atoms with Gasteiger partial charge in [-0.3, -0.25) is 4.57 Å². The Balaban J connectivity index is 1.34. The molecule has 0 bridgehead atoms. The van der Waals surface area contributed by atoms with Gasteiger partial charge in [0.25, 0.3) is 0 Å². The standard InChI is InChI=1S/C45H28N4/c1-2-12-29(13-3-1)33-24-26-39-41(28-33)49(40-27-25-32-16-6-9-21-36(32)42(39)40)45-47-43(37-22-10-17-30-14-4-7-19-34(30)37)46-44(48-45)38-23-11-18-31-15-5-8-20-35(31)38/h1-28H. The molecule has 0 aliphatic rings. The average Bonchev–Trinajstić information content (AvgIpc) is 3.52. The molecule has 4 heteroatoms. The molecule has 228 valence electrons. The van der Waals surface area contributed by atoms with E-state index in [-0.39, 0.29) is 0 Å². The molecule has 8 aromatic carbocycles. The molecule has 10 aromatic rings. The minimum Gasteiger partial charge on any atom is -0.278 e. The van der Waals surface area contributed by atoms with Crippen LogP contribution in [0.15, 0.2) is 170 Å². The second-order valence-corrected chi connectivity index (χ2v) is 12.5. The number of nitrogens with zero attached hydrogens (tertiary/aromatic N) is 4. The van der Waals surface area contributed by atoms with Gasteiger partial charge in [0.15, 0.2) is 11.6 Å². The maximum Gasteiger partial charge on any atom is 0.238 e. The molecule has 0 N–H and O–H groups in total. The van der Waals surface area contributed by atoms with E-state index in [1.54, 1.807) is 0 Å². The minimum absolute atomic E-state index is 0.585. The van der Waals surface area contributed by atoms with Gasteiger partial charge < -0.3 is 0 Å². The Hall–Kier alpha value is -6.65. The highest BCUT2D eigenvalue weighted by atomic mass is 15.2. The molecular weight excluding hydrogens is 597 g/mol. The Morgan fingerprint density at radius 3 is 1.55 bits per heavy atom. The van der Waals surface area contributed by atoms with Crippen LogP contribution in [0.1, 0.15) is 0 Å². The fourth-order valence-corrected chi connectivity index (χ4v) is 7.36. The molecule has 0 fully saturated rings. The zero-order valence-corrected chi connectivity index (χ0v) is 26.5. The normalized spacial score (nSPS) is 11.7. The van der Waals surface area contributed by atoms with Crippen LogP contribution in [0.4, 0.5) is 0 Å². The van der Waals surface area contributed by atoms with E-state index in [0.717, 1.165) is 60.2 Å². The smallest absolute Gasteiger partial charge is 0.238 e. The molecule has 0 aliphatic heterocycles. The van der Waals surface area contributed by atoms with Gasteiger partial charge in [-0.15, -0.1) is 0 Å². The highest BCUT2D eigenvalue weighted by molar-refractivity contribution is 6.21. The number of hydrogen-bond acceptors (Lipinski definition) is 3. The lowest BCUT2D eigenvalue weighted by atomic mass is 10.0. The van der Waals surface area contributed by atoms with Crippen molar-refractivity contribution < 1.29 is 0 Å². The lowest BCUT2D eigenvalue weighted by Crippen LogP contribution is -2.07. The number of benzene rings is 8. The largest absolute Gasteiger partial charge is 0.278 e. The molecule has 0 unspecified atom stereocenters. The summed E-state index contributed by atoms with van der Waals surface area (Å²) in [6.45, 7) is 0. The van der Waals surface area contributed by atoms with Gasteiger partial charge >= 0.3 is 0 Å². The summed E-state index contributed by atoms with van der Waals surface area (Å²) in [7, 11) is 0. The first-order chi connectivity index (χ1) is 24.3. The van der Waals surface area contributed by atoms with Gasteiger partial charge in [0.2, 0.25) is 5.95 Å². The third kappa shape index (κ3) is 4.42. The number of fused-ring (bicyclic) bond motifs is 7. The first-order valence-electron chi connectivity index (χ1n) is 16.5. The van der Waals surface area contributed by atoms with Crippen molar-refractivity contribution in [3.63, 3.8) is 0 Å². The molecule has 2 aromatic heterocycles. The monoisotopic (exact) mass is 624 g/mol. The highest BCUT2D eigenvalue weighted by Gasteiger charge is 2.21. The van der Waals surface area contributed by atoms with Crippen LogP contribution in [0.3, 0.4) is 0 Å². The first kappa shape index (κ1) is 27.5. The summed E-state index contributed by atoms with van der Waals surface area (Å²) in [6.07, 6.45) is 0. The van der Waals surface area contributed by atoms with E-state index in [1.807, 2.05) is 0 Å². The zero-order valence-electron chi connectivity index (χ0n) is 26.5. The van der Waals surface area contributed by atoms with Crippen LogP contribution in [-0.4, -0.2) is 19.5 Å². The predicted octanol–water partition coefficient (Wildman–Crippen LogP) is 11.4. The quantitative estimate of drug-likeness (QED) is 0.196. The molecule has 0 radical (unpaired) electrons. The Morgan fingerprint density at radius 1 is 0.347 bits per heavy atom. The maximum atomic E-state index is 5.33. The van der Waals surface area contributed by atoms with Gasteiger partial charge in [-0.2, -0.15) is 9.97 Å². The summed E-state index contributed by atoms with van der Waals surface area (Å²) < 4.78 is 2.23. The van der Waals surface area contributed by atoms with Crippen molar-refractivity contribution in [2.45, 2.75) is 0 Å². The molecule has 0 atom stereocenters. The summed E-state index contributed by atoms with van der Waals surface area (Å²) in [6, 6.07) is 59.8. The third-order valence-corrected chi connectivity index (χ3v) is 9.65. The van der Waals surface area contributed by atoms with Gasteiger partial charge in [0, 0.05) is 21.9 Å². The van der Waals surface area contributed by atoms with Gasteiger partial charge in [-0.25, -0.2) is 4.98 Å². The van der Waals surface area contributed by atoms with Crippen LogP contribution in [-0.2, 0) is 0 Å². The summed E-state index contributed by atoms with van der Waals surface area (Å²) in [5.41, 5.74) is 6.34. The van der Waals surface area contributed by atoms with Crippen molar-refractivity contribution in [1.82, 2.24) is 19.5 Å². The molecule has 0 spiro atoms. The molecule has 0 saturated carbocycles. The molecule has 10 rings (SSSR count). The Morgan fingerprint density at radius 2 is 0.898 bits per heavy atom. The number of rotatable bonds is 4. The van der Waals surface area contributed by atoms with Crippen molar-refractivity contribution >= 4 is 54.1 Å². The first-order valence-corrected chi connectivity index (χ1v) is 16.5. The maximum absolute atomic E-state index is 5.33. The van der Waals surface area contributed by atoms with Crippen molar-refractivity contribution in [3.8, 4) is 39.9 Å². The molecule has 4 nitrogen and oxygen atoms in total. The van der Waals surface area contributed by atoms with E-state index in [4.69, 9.17) is 15.0 Å². The van der Waals surface area contributed by atoms with Crippen LogP contribution >= 0.6 is 0 Å². The SMILES string of the molecule is c1ccc(-c2ccc3c4c5ccccc5ccc4n(-c4nc(-c5cccc6ccccc56)nc(-c5cccc6ccccc56)n4)c3c2)cc1. The van der Waals surface area contributed by atoms with E-state index in [9.17, 15) is 0 Å². The van der Waals surface area contributed by atoms with Crippen LogP contribution in [0.5, 0.6) is 0 Å². The van der Waals surface area contributed by atoms with Gasteiger partial charge in [0.1, 0.15) is 0 Å². The zero-order chi connectivity index (χ0) is 32.3. The lowest BCUT2D eigenvalue weighted by molar-refractivity contribution is 0.955. The third-order valence-electron chi connectivity index (χ3n) is 9.65. The second kappa shape index (κ2) is 11.0. The second-order valence-electron chi connectivity index (χ2n) is 12.5. The Bertz CT molecular complexity index is 2780. The van der Waals surface area contributed by atoms with E-state index in [0.29, 0.717) is 17.6 Å².